The van der Waals surface area contributed by atoms with Gasteiger partial charge in [-0.15, -0.1) is 0 Å². The highest BCUT2D eigenvalue weighted by Crippen LogP contribution is 2.19. The van der Waals surface area contributed by atoms with Crippen molar-refractivity contribution in [3.05, 3.63) is 71.5 Å². The van der Waals surface area contributed by atoms with E-state index in [1.54, 1.807) is 12.1 Å². The highest BCUT2D eigenvalue weighted by Gasteiger charge is 2.21. The lowest BCUT2D eigenvalue weighted by Crippen LogP contribution is -2.48. The van der Waals surface area contributed by atoms with Crippen LogP contribution in [0.1, 0.15) is 35.4 Å². The number of carbonyl (C=O) groups excluding carboxylic acids is 1. The maximum atomic E-state index is 13.0. The van der Waals surface area contributed by atoms with Gasteiger partial charge in [-0.3, -0.25) is 9.69 Å². The Morgan fingerprint density at radius 1 is 1.00 bits per heavy atom. The molecule has 0 aromatic heterocycles. The molecule has 1 unspecified atom stereocenters. The quantitative estimate of drug-likeness (QED) is 0.616. The zero-order valence-corrected chi connectivity index (χ0v) is 16.5. The van der Waals surface area contributed by atoms with Crippen LogP contribution in [0.25, 0.3) is 0 Å². The third-order valence-corrected chi connectivity index (χ3v) is 5.25. The topological polar surface area (TPSA) is 32.8 Å². The zero-order chi connectivity index (χ0) is 19.8. The van der Waals surface area contributed by atoms with E-state index in [0.717, 1.165) is 39.3 Å². The molecule has 150 valence electrons. The van der Waals surface area contributed by atoms with Crippen LogP contribution >= 0.6 is 0 Å². The normalized spacial score (nSPS) is 16.8. The number of ether oxygens (including phenoxy) is 1. The Morgan fingerprint density at radius 2 is 1.64 bits per heavy atom. The van der Waals surface area contributed by atoms with Crippen molar-refractivity contribution in [3.63, 3.8) is 0 Å². The Bertz CT molecular complexity index is 728. The number of Topliss-reactive ketones (excluding diaryl/α,β-unsaturated/α-hetero) is 1. The second kappa shape index (κ2) is 10.5. The van der Waals surface area contributed by atoms with Gasteiger partial charge < -0.3 is 9.64 Å². The van der Waals surface area contributed by atoms with E-state index in [-0.39, 0.29) is 17.7 Å². The van der Waals surface area contributed by atoms with Crippen molar-refractivity contribution in [3.8, 4) is 0 Å². The lowest BCUT2D eigenvalue weighted by molar-refractivity contribution is 0.0183. The minimum absolute atomic E-state index is 0.0721. The van der Waals surface area contributed by atoms with Gasteiger partial charge in [-0.1, -0.05) is 30.3 Å². The van der Waals surface area contributed by atoms with E-state index in [1.807, 2.05) is 13.0 Å². The molecule has 28 heavy (non-hydrogen) atoms. The minimum Gasteiger partial charge on any atom is -0.372 e. The molecule has 0 bridgehead atoms. The molecule has 2 aromatic rings. The van der Waals surface area contributed by atoms with E-state index in [1.165, 1.54) is 17.7 Å². The molecule has 1 heterocycles. The molecular formula is C23H29FN2O2. The second-order valence-electron chi connectivity index (χ2n) is 7.18. The van der Waals surface area contributed by atoms with Crippen molar-refractivity contribution >= 4 is 5.78 Å². The Kier molecular flexibility index (Phi) is 7.71. The number of carbonyl (C=O) groups is 1. The van der Waals surface area contributed by atoms with Crippen LogP contribution in [0, 0.1) is 5.82 Å². The number of hydrogen-bond acceptors (Lipinski definition) is 4. The summed E-state index contributed by atoms with van der Waals surface area (Å²) in [5.74, 6) is -0.239. The SMILES string of the molecule is CCOC(CN1CCN(CCC(=O)c2ccc(F)cc2)CC1)c1ccccc1. The molecule has 1 saturated heterocycles. The van der Waals surface area contributed by atoms with Crippen LogP contribution in [0.5, 0.6) is 0 Å². The van der Waals surface area contributed by atoms with E-state index in [2.05, 4.69) is 34.1 Å². The van der Waals surface area contributed by atoms with Crippen LogP contribution in [-0.2, 0) is 4.74 Å². The summed E-state index contributed by atoms with van der Waals surface area (Å²) in [6.07, 6.45) is 0.565. The van der Waals surface area contributed by atoms with Crippen LogP contribution in [-0.4, -0.2) is 61.5 Å². The van der Waals surface area contributed by atoms with Gasteiger partial charge in [0, 0.05) is 57.9 Å². The van der Waals surface area contributed by atoms with Crippen molar-refractivity contribution in [2.24, 2.45) is 0 Å². The van der Waals surface area contributed by atoms with Crippen molar-refractivity contribution in [2.75, 3.05) is 45.9 Å². The second-order valence-corrected chi connectivity index (χ2v) is 7.18. The highest BCUT2D eigenvalue weighted by molar-refractivity contribution is 5.96. The van der Waals surface area contributed by atoms with Gasteiger partial charge in [-0.2, -0.15) is 0 Å². The van der Waals surface area contributed by atoms with Crippen LogP contribution in [0.3, 0.4) is 0 Å². The maximum Gasteiger partial charge on any atom is 0.164 e. The number of halogens is 1. The number of benzene rings is 2. The first-order chi connectivity index (χ1) is 13.7. The van der Waals surface area contributed by atoms with Crippen molar-refractivity contribution in [2.45, 2.75) is 19.4 Å². The Labute approximate surface area is 166 Å². The largest absolute Gasteiger partial charge is 0.372 e. The lowest BCUT2D eigenvalue weighted by Gasteiger charge is -2.36. The van der Waals surface area contributed by atoms with Crippen LogP contribution in [0.15, 0.2) is 54.6 Å². The summed E-state index contributed by atoms with van der Waals surface area (Å²) in [7, 11) is 0. The molecule has 0 radical (unpaired) electrons. The average Bonchev–Trinajstić information content (AvgIpc) is 2.74. The molecule has 3 rings (SSSR count). The van der Waals surface area contributed by atoms with Crippen LogP contribution in [0.2, 0.25) is 0 Å². The maximum absolute atomic E-state index is 13.0. The fourth-order valence-corrected chi connectivity index (χ4v) is 3.59. The summed E-state index contributed by atoms with van der Waals surface area (Å²) in [5, 5.41) is 0. The van der Waals surface area contributed by atoms with Crippen molar-refractivity contribution < 1.29 is 13.9 Å². The van der Waals surface area contributed by atoms with Gasteiger partial charge in [0.15, 0.2) is 5.78 Å². The molecule has 1 aliphatic heterocycles. The Hall–Kier alpha value is -2.08. The third kappa shape index (κ3) is 5.96. The predicted octanol–water partition coefficient (Wildman–Crippen LogP) is 3.79. The highest BCUT2D eigenvalue weighted by atomic mass is 19.1. The zero-order valence-electron chi connectivity index (χ0n) is 16.5. The van der Waals surface area contributed by atoms with Crippen LogP contribution in [0.4, 0.5) is 4.39 Å². The van der Waals surface area contributed by atoms with E-state index >= 15 is 0 Å². The third-order valence-electron chi connectivity index (χ3n) is 5.25. The van der Waals surface area contributed by atoms with Gasteiger partial charge in [0.2, 0.25) is 0 Å². The fourth-order valence-electron chi connectivity index (χ4n) is 3.59. The molecule has 2 aromatic carbocycles. The monoisotopic (exact) mass is 384 g/mol. The molecular weight excluding hydrogens is 355 g/mol. The van der Waals surface area contributed by atoms with Crippen molar-refractivity contribution in [1.82, 2.24) is 9.80 Å². The lowest BCUT2D eigenvalue weighted by atomic mass is 10.1. The number of hydrogen-bond donors (Lipinski definition) is 0. The first-order valence-electron chi connectivity index (χ1n) is 10.1. The van der Waals surface area contributed by atoms with Crippen LogP contribution < -0.4 is 0 Å². The van der Waals surface area contributed by atoms with Gasteiger partial charge in [-0.25, -0.2) is 4.39 Å². The van der Waals surface area contributed by atoms with Gasteiger partial charge in [-0.05, 0) is 36.8 Å². The average molecular weight is 384 g/mol. The Balaban J connectivity index is 1.43. The molecule has 0 amide bonds. The molecule has 5 heteroatoms. The predicted molar refractivity (Wildman–Crippen MR) is 109 cm³/mol. The van der Waals surface area contributed by atoms with Crippen molar-refractivity contribution in [1.29, 1.82) is 0 Å². The summed E-state index contributed by atoms with van der Waals surface area (Å²) in [5.41, 5.74) is 1.80. The number of rotatable bonds is 9. The number of nitrogens with zero attached hydrogens (tertiary/aromatic N) is 2. The first-order valence-corrected chi connectivity index (χ1v) is 10.1. The minimum atomic E-state index is -0.312. The molecule has 1 aliphatic rings. The first kappa shape index (κ1) is 20.6. The van der Waals surface area contributed by atoms with E-state index in [4.69, 9.17) is 4.74 Å². The van der Waals surface area contributed by atoms with E-state index < -0.39 is 0 Å². The summed E-state index contributed by atoms with van der Waals surface area (Å²) < 4.78 is 18.9. The number of piperazine rings is 1. The standard InChI is InChI=1S/C23H29FN2O2/c1-2-28-23(20-6-4-3-5-7-20)18-26-16-14-25(15-17-26)13-12-22(27)19-8-10-21(24)11-9-19/h3-11,23H,2,12-18H2,1H3. The smallest absolute Gasteiger partial charge is 0.164 e. The fraction of sp³-hybridized carbons (Fsp3) is 0.435. The molecule has 4 nitrogen and oxygen atoms in total. The molecule has 1 fully saturated rings. The Morgan fingerprint density at radius 3 is 2.29 bits per heavy atom. The van der Waals surface area contributed by atoms with E-state index in [9.17, 15) is 9.18 Å². The summed E-state index contributed by atoms with van der Waals surface area (Å²) >= 11 is 0. The summed E-state index contributed by atoms with van der Waals surface area (Å²) in [6, 6.07) is 16.2. The van der Waals surface area contributed by atoms with Gasteiger partial charge in [0.1, 0.15) is 5.82 Å². The molecule has 0 aliphatic carbocycles. The molecule has 0 saturated carbocycles. The van der Waals surface area contributed by atoms with E-state index in [0.29, 0.717) is 18.6 Å². The number of ketones is 1. The molecule has 1 atom stereocenters. The van der Waals surface area contributed by atoms with Gasteiger partial charge in [0.05, 0.1) is 6.10 Å². The summed E-state index contributed by atoms with van der Waals surface area (Å²) in [4.78, 5) is 17.0. The van der Waals surface area contributed by atoms with Gasteiger partial charge >= 0.3 is 0 Å². The molecule has 0 N–H and O–H groups in total. The molecule has 0 spiro atoms. The summed E-state index contributed by atoms with van der Waals surface area (Å²) in [6.45, 7) is 8.21. The van der Waals surface area contributed by atoms with Gasteiger partial charge in [0.25, 0.3) is 0 Å².